The molecule has 21 heavy (non-hydrogen) atoms. The van der Waals surface area contributed by atoms with Gasteiger partial charge in [0.2, 0.25) is 0 Å². The maximum Gasteiger partial charge on any atom is 0.162 e. The fraction of sp³-hybridized carbons (Fsp3) is 0.611. The number of benzene rings is 1. The number of hydrogen-bond acceptors (Lipinski definition) is 3. The molecular formula is C18H28O3. The summed E-state index contributed by atoms with van der Waals surface area (Å²) in [6, 6.07) is 7.25. The van der Waals surface area contributed by atoms with Crippen molar-refractivity contribution in [3.63, 3.8) is 0 Å². The van der Waals surface area contributed by atoms with Crippen LogP contribution in [-0.4, -0.2) is 23.1 Å². The highest BCUT2D eigenvalue weighted by Crippen LogP contribution is 2.22. The molecule has 0 spiro atoms. The Morgan fingerprint density at radius 2 is 1.81 bits per heavy atom. The van der Waals surface area contributed by atoms with Crippen molar-refractivity contribution in [3.8, 4) is 5.75 Å². The summed E-state index contributed by atoms with van der Waals surface area (Å²) in [5.74, 6) is 0.794. The third kappa shape index (κ3) is 5.88. The largest absolute Gasteiger partial charge is 0.491 e. The summed E-state index contributed by atoms with van der Waals surface area (Å²) in [6.45, 7) is 6.39. The van der Waals surface area contributed by atoms with Crippen molar-refractivity contribution in [1.29, 1.82) is 0 Å². The van der Waals surface area contributed by atoms with Crippen molar-refractivity contribution in [3.05, 3.63) is 29.8 Å². The Morgan fingerprint density at radius 1 is 1.14 bits per heavy atom. The standard InChI is InChI=1S/C18H28O3/c1-4-8-17(19)15-9-7-10-16(13-15)21-14-18(20,11-5-2)12-6-3/h7,9-10,13,20H,4-6,8,11-12,14H2,1-3H3. The van der Waals surface area contributed by atoms with Crippen LogP contribution in [0.5, 0.6) is 5.75 Å². The molecule has 0 atom stereocenters. The van der Waals surface area contributed by atoms with Crippen molar-refractivity contribution in [1.82, 2.24) is 0 Å². The van der Waals surface area contributed by atoms with E-state index in [1.165, 1.54) is 0 Å². The molecule has 0 heterocycles. The Bertz CT molecular complexity index is 434. The highest BCUT2D eigenvalue weighted by atomic mass is 16.5. The molecular weight excluding hydrogens is 264 g/mol. The van der Waals surface area contributed by atoms with Crippen LogP contribution in [0.15, 0.2) is 24.3 Å². The monoisotopic (exact) mass is 292 g/mol. The number of carbonyl (C=O) groups is 1. The van der Waals surface area contributed by atoms with Crippen LogP contribution in [0.25, 0.3) is 0 Å². The van der Waals surface area contributed by atoms with Crippen molar-refractivity contribution in [2.75, 3.05) is 6.61 Å². The molecule has 0 fully saturated rings. The van der Waals surface area contributed by atoms with E-state index in [1.54, 1.807) is 6.07 Å². The van der Waals surface area contributed by atoms with E-state index in [4.69, 9.17) is 4.74 Å². The summed E-state index contributed by atoms with van der Waals surface area (Å²) < 4.78 is 5.74. The normalized spacial score (nSPS) is 11.4. The average Bonchev–Trinajstić information content (AvgIpc) is 2.46. The fourth-order valence-corrected chi connectivity index (χ4v) is 2.55. The predicted octanol–water partition coefficient (Wildman–Crippen LogP) is 4.38. The number of rotatable bonds is 10. The minimum atomic E-state index is -0.771. The van der Waals surface area contributed by atoms with E-state index in [9.17, 15) is 9.90 Å². The first-order chi connectivity index (χ1) is 10.0. The molecule has 118 valence electrons. The lowest BCUT2D eigenvalue weighted by atomic mass is 9.94. The lowest BCUT2D eigenvalue weighted by Gasteiger charge is -2.27. The second-order valence-corrected chi connectivity index (χ2v) is 5.71. The van der Waals surface area contributed by atoms with Crippen LogP contribution in [0.3, 0.4) is 0 Å². The molecule has 0 aliphatic rings. The van der Waals surface area contributed by atoms with Gasteiger partial charge in [0.1, 0.15) is 12.4 Å². The number of ketones is 1. The molecule has 1 aromatic carbocycles. The van der Waals surface area contributed by atoms with Crippen LogP contribution >= 0.6 is 0 Å². The highest BCUT2D eigenvalue weighted by Gasteiger charge is 2.25. The minimum absolute atomic E-state index is 0.139. The Labute approximate surface area is 128 Å². The summed E-state index contributed by atoms with van der Waals surface area (Å²) in [5, 5.41) is 10.5. The molecule has 0 radical (unpaired) electrons. The molecule has 1 rings (SSSR count). The van der Waals surface area contributed by atoms with Crippen LogP contribution in [0.2, 0.25) is 0 Å². The summed E-state index contributed by atoms with van der Waals surface area (Å²) in [7, 11) is 0. The van der Waals surface area contributed by atoms with Gasteiger partial charge in [-0.2, -0.15) is 0 Å². The van der Waals surface area contributed by atoms with Crippen LogP contribution in [0.1, 0.15) is 69.7 Å². The molecule has 1 N–H and O–H groups in total. The quantitative estimate of drug-likeness (QED) is 0.651. The lowest BCUT2D eigenvalue weighted by molar-refractivity contribution is -0.0202. The minimum Gasteiger partial charge on any atom is -0.491 e. The first-order valence-electron chi connectivity index (χ1n) is 8.03. The van der Waals surface area contributed by atoms with Gasteiger partial charge in [-0.3, -0.25) is 4.79 Å². The van der Waals surface area contributed by atoms with Crippen LogP contribution in [0, 0.1) is 0 Å². The highest BCUT2D eigenvalue weighted by molar-refractivity contribution is 5.96. The van der Waals surface area contributed by atoms with Crippen LogP contribution < -0.4 is 4.74 Å². The van der Waals surface area contributed by atoms with E-state index in [0.29, 0.717) is 17.7 Å². The molecule has 0 aliphatic carbocycles. The lowest BCUT2D eigenvalue weighted by Crippen LogP contribution is -2.35. The van der Waals surface area contributed by atoms with E-state index in [2.05, 4.69) is 13.8 Å². The van der Waals surface area contributed by atoms with E-state index in [0.717, 1.165) is 32.1 Å². The van der Waals surface area contributed by atoms with Gasteiger partial charge >= 0.3 is 0 Å². The Kier molecular flexibility index (Phi) is 7.44. The number of carbonyl (C=O) groups excluding carboxylic acids is 1. The van der Waals surface area contributed by atoms with Gasteiger partial charge in [-0.1, -0.05) is 45.7 Å². The van der Waals surface area contributed by atoms with Gasteiger partial charge in [0.25, 0.3) is 0 Å². The zero-order chi connectivity index (χ0) is 15.7. The van der Waals surface area contributed by atoms with E-state index >= 15 is 0 Å². The molecule has 0 saturated heterocycles. The van der Waals surface area contributed by atoms with E-state index < -0.39 is 5.60 Å². The van der Waals surface area contributed by atoms with Gasteiger partial charge < -0.3 is 9.84 Å². The maximum absolute atomic E-state index is 11.9. The molecule has 3 nitrogen and oxygen atoms in total. The summed E-state index contributed by atoms with van der Waals surface area (Å²) in [4.78, 5) is 11.9. The SMILES string of the molecule is CCCC(=O)c1cccc(OCC(O)(CCC)CCC)c1. The molecule has 0 aromatic heterocycles. The molecule has 0 bridgehead atoms. The van der Waals surface area contributed by atoms with Crippen LogP contribution in [-0.2, 0) is 0 Å². The average molecular weight is 292 g/mol. The Hall–Kier alpha value is -1.35. The third-order valence-electron chi connectivity index (χ3n) is 3.57. The molecule has 3 heteroatoms. The third-order valence-corrected chi connectivity index (χ3v) is 3.57. The van der Waals surface area contributed by atoms with Gasteiger partial charge in [0, 0.05) is 12.0 Å². The number of hydrogen-bond donors (Lipinski definition) is 1. The topological polar surface area (TPSA) is 46.5 Å². The van der Waals surface area contributed by atoms with Gasteiger partial charge in [-0.05, 0) is 31.4 Å². The summed E-state index contributed by atoms with van der Waals surface area (Å²) in [5.41, 5.74) is -0.0868. The number of ether oxygens (including phenoxy) is 1. The van der Waals surface area contributed by atoms with Gasteiger partial charge in [0.05, 0.1) is 5.60 Å². The second-order valence-electron chi connectivity index (χ2n) is 5.71. The second kappa shape index (κ2) is 8.83. The smallest absolute Gasteiger partial charge is 0.162 e. The number of Topliss-reactive ketones (excluding diaryl/α,β-unsaturated/α-hetero) is 1. The molecule has 0 unspecified atom stereocenters. The molecule has 0 aliphatic heterocycles. The zero-order valence-corrected chi connectivity index (χ0v) is 13.5. The van der Waals surface area contributed by atoms with E-state index in [-0.39, 0.29) is 12.4 Å². The van der Waals surface area contributed by atoms with Gasteiger partial charge in [-0.25, -0.2) is 0 Å². The fourth-order valence-electron chi connectivity index (χ4n) is 2.55. The maximum atomic E-state index is 11.9. The molecule has 0 amide bonds. The van der Waals surface area contributed by atoms with E-state index in [1.807, 2.05) is 25.1 Å². The molecule has 1 aromatic rings. The predicted molar refractivity (Wildman–Crippen MR) is 85.9 cm³/mol. The van der Waals surface area contributed by atoms with Crippen molar-refractivity contribution in [2.45, 2.75) is 64.9 Å². The summed E-state index contributed by atoms with van der Waals surface area (Å²) in [6.07, 6.45) is 4.71. The number of aliphatic hydroxyl groups is 1. The van der Waals surface area contributed by atoms with Crippen molar-refractivity contribution < 1.29 is 14.6 Å². The van der Waals surface area contributed by atoms with Crippen molar-refractivity contribution in [2.24, 2.45) is 0 Å². The Morgan fingerprint density at radius 3 is 2.38 bits per heavy atom. The first-order valence-corrected chi connectivity index (χ1v) is 8.03. The molecule has 0 saturated carbocycles. The van der Waals surface area contributed by atoms with Crippen molar-refractivity contribution >= 4 is 5.78 Å². The van der Waals surface area contributed by atoms with Gasteiger partial charge in [-0.15, -0.1) is 0 Å². The first kappa shape index (κ1) is 17.7. The zero-order valence-electron chi connectivity index (χ0n) is 13.5. The Balaban J connectivity index is 2.70. The van der Waals surface area contributed by atoms with Gasteiger partial charge in [0.15, 0.2) is 5.78 Å². The summed E-state index contributed by atoms with van der Waals surface area (Å²) >= 11 is 0. The van der Waals surface area contributed by atoms with Crippen LogP contribution in [0.4, 0.5) is 0 Å².